The zero-order chi connectivity index (χ0) is 22.4. The van der Waals surface area contributed by atoms with Gasteiger partial charge in [0.15, 0.2) is 5.60 Å². The quantitative estimate of drug-likeness (QED) is 0.275. The van der Waals surface area contributed by atoms with Crippen molar-refractivity contribution >= 4 is 27.6 Å². The molecule has 1 heterocycles. The lowest BCUT2D eigenvalue weighted by atomic mass is 9.82. The van der Waals surface area contributed by atoms with E-state index in [9.17, 15) is 0 Å². The first-order valence-electron chi connectivity index (χ1n) is 10.9. The Morgan fingerprint density at radius 2 is 1.48 bits per heavy atom. The van der Waals surface area contributed by atoms with E-state index in [0.29, 0.717) is 5.56 Å². The molecule has 2 nitrogen and oxygen atoms in total. The third-order valence-electron chi connectivity index (χ3n) is 6.44. The fraction of sp³-hybridized carbons (Fsp3) is 0.0667. The van der Waals surface area contributed by atoms with Gasteiger partial charge in [0.05, 0.1) is 7.11 Å². The summed E-state index contributed by atoms with van der Waals surface area (Å²) in [6.45, 7) is 0. The molecule has 0 saturated carbocycles. The van der Waals surface area contributed by atoms with Crippen LogP contribution in [0, 0.1) is 5.82 Å². The van der Waals surface area contributed by atoms with E-state index < -0.39 is 5.60 Å². The van der Waals surface area contributed by atoms with Crippen LogP contribution < -0.4 is 9.47 Å². The second-order valence-corrected chi connectivity index (χ2v) is 8.28. The lowest BCUT2D eigenvalue weighted by Gasteiger charge is -2.36. The maximum absolute atomic E-state index is 15.1. The predicted octanol–water partition coefficient (Wildman–Crippen LogP) is 7.49. The van der Waals surface area contributed by atoms with E-state index >= 15 is 4.39 Å². The molecule has 0 N–H and O–H groups in total. The third kappa shape index (κ3) is 3.08. The molecule has 5 aromatic carbocycles. The van der Waals surface area contributed by atoms with Crippen molar-refractivity contribution in [1.82, 2.24) is 0 Å². The van der Waals surface area contributed by atoms with Gasteiger partial charge in [-0.3, -0.25) is 0 Å². The van der Waals surface area contributed by atoms with Crippen LogP contribution in [0.15, 0.2) is 103 Å². The summed E-state index contributed by atoms with van der Waals surface area (Å²) in [6.07, 6.45) is 4.02. The molecule has 1 aliphatic rings. The number of rotatable bonds is 3. The van der Waals surface area contributed by atoms with Crippen LogP contribution >= 0.6 is 0 Å². The Hall–Kier alpha value is -4.11. The van der Waals surface area contributed by atoms with Crippen LogP contribution in [0.5, 0.6) is 11.5 Å². The molecule has 0 fully saturated rings. The Bertz CT molecular complexity index is 1540. The topological polar surface area (TPSA) is 18.5 Å². The van der Waals surface area contributed by atoms with Gasteiger partial charge < -0.3 is 9.47 Å². The fourth-order valence-corrected chi connectivity index (χ4v) is 4.74. The highest BCUT2D eigenvalue weighted by Gasteiger charge is 2.39. The lowest BCUT2D eigenvalue weighted by Crippen LogP contribution is -2.35. The summed E-state index contributed by atoms with van der Waals surface area (Å²) in [6, 6.07) is 31.1. The smallest absolute Gasteiger partial charge is 0.180 e. The van der Waals surface area contributed by atoms with Gasteiger partial charge in [-0.15, -0.1) is 0 Å². The molecule has 3 heteroatoms. The summed E-state index contributed by atoms with van der Waals surface area (Å²) in [4.78, 5) is 0. The van der Waals surface area contributed by atoms with Gasteiger partial charge in [0.1, 0.15) is 17.3 Å². The fourth-order valence-electron chi connectivity index (χ4n) is 4.74. The second-order valence-electron chi connectivity index (χ2n) is 8.28. The summed E-state index contributed by atoms with van der Waals surface area (Å²) in [5.74, 6) is 1.15. The van der Waals surface area contributed by atoms with Gasteiger partial charge in [0.2, 0.25) is 0 Å². The van der Waals surface area contributed by atoms with Crippen LogP contribution in [0.1, 0.15) is 16.7 Å². The molecular formula is C30H21FO2. The molecule has 0 aliphatic carbocycles. The van der Waals surface area contributed by atoms with Crippen molar-refractivity contribution in [1.29, 1.82) is 0 Å². The van der Waals surface area contributed by atoms with Gasteiger partial charge >= 0.3 is 0 Å². The first-order chi connectivity index (χ1) is 16.2. The Morgan fingerprint density at radius 1 is 0.758 bits per heavy atom. The van der Waals surface area contributed by atoms with Crippen LogP contribution in [0.2, 0.25) is 0 Å². The number of ether oxygens (including phenoxy) is 2. The SMILES string of the molecule is COc1ccc(C2(c3ccccc3F)C=Cc3c(ccc4cc5ccccc5cc34)O2)cc1. The normalized spacial score (nSPS) is 17.0. The molecule has 1 unspecified atom stereocenters. The zero-order valence-corrected chi connectivity index (χ0v) is 18.1. The van der Waals surface area contributed by atoms with E-state index in [1.165, 1.54) is 16.8 Å². The van der Waals surface area contributed by atoms with Crippen LogP contribution in [-0.2, 0) is 5.60 Å². The average molecular weight is 432 g/mol. The molecule has 33 heavy (non-hydrogen) atoms. The Morgan fingerprint density at radius 3 is 2.24 bits per heavy atom. The molecule has 0 aromatic heterocycles. The van der Waals surface area contributed by atoms with Crippen molar-refractivity contribution in [3.05, 3.63) is 126 Å². The molecule has 0 bridgehead atoms. The summed E-state index contributed by atoms with van der Waals surface area (Å²) in [7, 11) is 1.63. The molecular weight excluding hydrogens is 411 g/mol. The molecule has 160 valence electrons. The summed E-state index contributed by atoms with van der Waals surface area (Å²) in [5.41, 5.74) is 1.21. The van der Waals surface area contributed by atoms with Crippen molar-refractivity contribution in [2.24, 2.45) is 0 Å². The molecule has 0 saturated heterocycles. The van der Waals surface area contributed by atoms with Crippen molar-refractivity contribution in [3.8, 4) is 11.5 Å². The second kappa shape index (κ2) is 7.49. The van der Waals surface area contributed by atoms with E-state index in [4.69, 9.17) is 9.47 Å². The van der Waals surface area contributed by atoms with Gasteiger partial charge in [-0.05, 0) is 70.1 Å². The highest BCUT2D eigenvalue weighted by atomic mass is 19.1. The molecule has 1 aliphatic heterocycles. The van der Waals surface area contributed by atoms with Crippen LogP contribution in [0.3, 0.4) is 0 Å². The minimum Gasteiger partial charge on any atom is -0.497 e. The Balaban J connectivity index is 1.57. The number of hydrogen-bond donors (Lipinski definition) is 0. The van der Waals surface area contributed by atoms with Crippen molar-refractivity contribution in [3.63, 3.8) is 0 Å². The van der Waals surface area contributed by atoms with Crippen LogP contribution in [-0.4, -0.2) is 7.11 Å². The molecule has 1 atom stereocenters. The molecule has 6 rings (SSSR count). The van der Waals surface area contributed by atoms with Gasteiger partial charge in [-0.25, -0.2) is 4.39 Å². The number of halogens is 1. The van der Waals surface area contributed by atoms with Gasteiger partial charge in [-0.2, -0.15) is 0 Å². The zero-order valence-electron chi connectivity index (χ0n) is 18.1. The number of methoxy groups -OCH3 is 1. The standard InChI is InChI=1S/C30H21FO2/c1-32-24-13-11-23(12-14-24)30(27-8-4-5-9-28(27)31)17-16-25-26-19-21-7-3-2-6-20(21)18-22(26)10-15-29(25)33-30/h2-19H,1H3. The third-order valence-corrected chi connectivity index (χ3v) is 6.44. The Kier molecular flexibility index (Phi) is 4.44. The van der Waals surface area contributed by atoms with Gasteiger partial charge in [0.25, 0.3) is 0 Å². The van der Waals surface area contributed by atoms with Crippen molar-refractivity contribution in [2.45, 2.75) is 5.60 Å². The summed E-state index contributed by atoms with van der Waals surface area (Å²) >= 11 is 0. The lowest BCUT2D eigenvalue weighted by molar-refractivity contribution is 0.156. The van der Waals surface area contributed by atoms with E-state index in [1.54, 1.807) is 19.2 Å². The molecule has 0 spiro atoms. The molecule has 0 radical (unpaired) electrons. The molecule has 5 aromatic rings. The number of hydrogen-bond acceptors (Lipinski definition) is 2. The Labute approximate surface area is 191 Å². The van der Waals surface area contributed by atoms with Crippen LogP contribution in [0.4, 0.5) is 4.39 Å². The summed E-state index contributed by atoms with van der Waals surface area (Å²) in [5, 5.41) is 4.63. The maximum Gasteiger partial charge on any atom is 0.180 e. The highest BCUT2D eigenvalue weighted by molar-refractivity contribution is 6.03. The first-order valence-corrected chi connectivity index (χ1v) is 10.9. The number of fused-ring (bicyclic) bond motifs is 4. The molecule has 0 amide bonds. The minimum absolute atomic E-state index is 0.312. The average Bonchev–Trinajstić information content (AvgIpc) is 2.87. The van der Waals surface area contributed by atoms with Crippen molar-refractivity contribution in [2.75, 3.05) is 7.11 Å². The minimum atomic E-state index is -1.09. The van der Waals surface area contributed by atoms with E-state index in [0.717, 1.165) is 33.4 Å². The van der Waals surface area contributed by atoms with E-state index in [-0.39, 0.29) is 5.82 Å². The van der Waals surface area contributed by atoms with E-state index in [2.05, 4.69) is 36.4 Å². The summed E-state index contributed by atoms with van der Waals surface area (Å²) < 4.78 is 27.1. The largest absolute Gasteiger partial charge is 0.497 e. The maximum atomic E-state index is 15.1. The monoisotopic (exact) mass is 432 g/mol. The highest BCUT2D eigenvalue weighted by Crippen LogP contribution is 2.45. The van der Waals surface area contributed by atoms with Gasteiger partial charge in [-0.1, -0.05) is 60.7 Å². The predicted molar refractivity (Wildman–Crippen MR) is 131 cm³/mol. The number of benzene rings is 5. The van der Waals surface area contributed by atoms with Crippen LogP contribution in [0.25, 0.3) is 27.6 Å². The van der Waals surface area contributed by atoms with E-state index in [1.807, 2.05) is 54.6 Å². The van der Waals surface area contributed by atoms with Crippen molar-refractivity contribution < 1.29 is 13.9 Å². The van der Waals surface area contributed by atoms with Gasteiger partial charge in [0, 0.05) is 16.7 Å². The first kappa shape index (κ1) is 19.6.